The van der Waals surface area contributed by atoms with Crippen molar-refractivity contribution < 1.29 is 30.7 Å². The van der Waals surface area contributed by atoms with Crippen molar-refractivity contribution in [2.75, 3.05) is 50.7 Å². The number of nitrogens with zero attached hydrogens (tertiary/aromatic N) is 2. The first-order valence-electron chi connectivity index (χ1n) is 12.3. The maximum atomic E-state index is 14.6. The highest BCUT2D eigenvalue weighted by molar-refractivity contribution is 7.90. The first kappa shape index (κ1) is 28.6. The molecule has 0 amide bonds. The first-order chi connectivity index (χ1) is 18.4. The number of ether oxygens (including phenoxy) is 1. The molecule has 7 nitrogen and oxygen atoms in total. The molecule has 0 spiro atoms. The molecule has 0 aliphatic carbocycles. The second kappa shape index (κ2) is 11.4. The Balaban J connectivity index is 1.62. The number of alkyl halides is 3. The molecular weight excluding hydrogens is 536 g/mol. The van der Waals surface area contributed by atoms with Crippen LogP contribution in [-0.4, -0.2) is 70.2 Å². The van der Waals surface area contributed by atoms with Gasteiger partial charge in [0.25, 0.3) is 0 Å². The summed E-state index contributed by atoms with van der Waals surface area (Å²) in [6, 6.07) is 9.12. The van der Waals surface area contributed by atoms with Crippen molar-refractivity contribution in [2.24, 2.45) is 0 Å². The van der Waals surface area contributed by atoms with E-state index in [1.807, 2.05) is 6.07 Å². The van der Waals surface area contributed by atoms with Crippen LogP contribution >= 0.6 is 0 Å². The van der Waals surface area contributed by atoms with Crippen molar-refractivity contribution in [3.05, 3.63) is 47.9 Å². The smallest absolute Gasteiger partial charge is 0.406 e. The molecule has 39 heavy (non-hydrogen) atoms. The predicted octanol–water partition coefficient (Wildman–Crippen LogP) is 4.72. The zero-order chi connectivity index (χ0) is 28.4. The van der Waals surface area contributed by atoms with E-state index in [4.69, 9.17) is 4.74 Å². The van der Waals surface area contributed by atoms with Gasteiger partial charge in [-0.25, -0.2) is 12.8 Å². The van der Waals surface area contributed by atoms with Gasteiger partial charge in [0.05, 0.1) is 29.8 Å². The van der Waals surface area contributed by atoms with Crippen LogP contribution in [0.4, 0.5) is 28.9 Å². The molecule has 1 aliphatic rings. The van der Waals surface area contributed by atoms with Crippen LogP contribution in [0.25, 0.3) is 10.9 Å². The van der Waals surface area contributed by atoms with Crippen molar-refractivity contribution in [3.63, 3.8) is 0 Å². The number of fused-ring (bicyclic) bond motifs is 1. The lowest BCUT2D eigenvalue weighted by molar-refractivity contribution is -0.140. The summed E-state index contributed by atoms with van der Waals surface area (Å²) in [6.45, 7) is 0.546. The highest BCUT2D eigenvalue weighted by Crippen LogP contribution is 2.32. The van der Waals surface area contributed by atoms with Gasteiger partial charge in [0.15, 0.2) is 15.7 Å². The second-order valence-corrected chi connectivity index (χ2v) is 11.6. The fraction of sp³-hybridized carbons (Fsp3) is 0.407. The summed E-state index contributed by atoms with van der Waals surface area (Å²) < 4.78 is 84.9. The van der Waals surface area contributed by atoms with Gasteiger partial charge in [0.2, 0.25) is 0 Å². The number of hydrogen-bond acceptors (Lipinski definition) is 6. The van der Waals surface area contributed by atoms with Crippen LogP contribution < -0.4 is 15.4 Å². The lowest BCUT2D eigenvalue weighted by Crippen LogP contribution is -2.36. The molecule has 0 bridgehead atoms. The Morgan fingerprint density at radius 3 is 2.51 bits per heavy atom. The van der Waals surface area contributed by atoms with Crippen LogP contribution in [0.1, 0.15) is 18.5 Å². The monoisotopic (exact) mass is 566 g/mol. The molecule has 2 N–H and O–H groups in total. The predicted molar refractivity (Wildman–Crippen MR) is 144 cm³/mol. The molecule has 0 atom stereocenters. The Hall–Kier alpha value is -3.43. The Bertz CT molecular complexity index is 1520. The molecule has 1 saturated heterocycles. The molecule has 2 heterocycles. The van der Waals surface area contributed by atoms with E-state index in [0.29, 0.717) is 10.9 Å². The Labute approximate surface area is 225 Å². The summed E-state index contributed by atoms with van der Waals surface area (Å²) in [6.07, 6.45) is -1.65. The summed E-state index contributed by atoms with van der Waals surface area (Å²) in [5.74, 6) is 4.64. The van der Waals surface area contributed by atoms with Crippen LogP contribution in [-0.2, 0) is 16.4 Å². The van der Waals surface area contributed by atoms with Gasteiger partial charge in [-0.2, -0.15) is 13.2 Å². The summed E-state index contributed by atoms with van der Waals surface area (Å²) in [5.41, 5.74) is 1.23. The Kier molecular flexibility index (Phi) is 8.32. The maximum absolute atomic E-state index is 14.6. The largest absolute Gasteiger partial charge is 0.494 e. The van der Waals surface area contributed by atoms with Crippen LogP contribution in [0.5, 0.6) is 5.75 Å². The van der Waals surface area contributed by atoms with E-state index >= 15 is 0 Å². The number of halogens is 4. The maximum Gasteiger partial charge on any atom is 0.406 e. The van der Waals surface area contributed by atoms with Crippen LogP contribution in [0.15, 0.2) is 41.3 Å². The molecule has 12 heteroatoms. The molecule has 210 valence electrons. The summed E-state index contributed by atoms with van der Waals surface area (Å²) in [7, 11) is -0.335. The van der Waals surface area contributed by atoms with Crippen molar-refractivity contribution in [2.45, 2.75) is 36.5 Å². The number of nitrogens with one attached hydrogen (secondary N) is 2. The van der Waals surface area contributed by atoms with Crippen LogP contribution in [0.2, 0.25) is 0 Å². The highest BCUT2D eigenvalue weighted by Gasteiger charge is 2.30. The van der Waals surface area contributed by atoms with E-state index in [0.717, 1.165) is 48.5 Å². The van der Waals surface area contributed by atoms with Crippen molar-refractivity contribution in [1.82, 2.24) is 9.47 Å². The molecule has 1 aromatic heterocycles. The van der Waals surface area contributed by atoms with E-state index in [2.05, 4.69) is 34.4 Å². The van der Waals surface area contributed by atoms with Crippen molar-refractivity contribution in [3.8, 4) is 17.6 Å². The van der Waals surface area contributed by atoms with Gasteiger partial charge in [0, 0.05) is 29.4 Å². The van der Waals surface area contributed by atoms with E-state index in [-0.39, 0.29) is 34.6 Å². The zero-order valence-corrected chi connectivity index (χ0v) is 22.6. The summed E-state index contributed by atoms with van der Waals surface area (Å²) in [4.78, 5) is 2.00. The average molecular weight is 567 g/mol. The lowest BCUT2D eigenvalue weighted by atomic mass is 10.0. The number of sulfone groups is 1. The number of aromatic nitrogens is 1. The minimum absolute atomic E-state index is 0.0342. The van der Waals surface area contributed by atoms with Gasteiger partial charge in [-0.05, 0) is 63.2 Å². The highest BCUT2D eigenvalue weighted by atomic mass is 32.2. The molecule has 2 aromatic carbocycles. The first-order valence-corrected chi connectivity index (χ1v) is 14.2. The third-order valence-corrected chi connectivity index (χ3v) is 7.70. The van der Waals surface area contributed by atoms with Crippen molar-refractivity contribution in [1.29, 1.82) is 0 Å². The standard InChI is InChI=1S/C27H30F4N4O3S/c1-34-12-9-18(10-13-34)33-23-7-4-8-24-21(23)14-19(35(24)17-27(29,30)31)6-5-11-32-26-22(28)15-20(39(3,36)37)16-25(26)38-2/h4,7-8,14-16,18,32-33H,9-13,17H2,1-3H3. The summed E-state index contributed by atoms with van der Waals surface area (Å²) in [5, 5.41) is 6.87. The molecule has 1 fully saturated rings. The van der Waals surface area contributed by atoms with Crippen molar-refractivity contribution >= 4 is 32.1 Å². The molecule has 1 aliphatic heterocycles. The van der Waals surface area contributed by atoms with Gasteiger partial charge in [-0.3, -0.25) is 0 Å². The Morgan fingerprint density at radius 1 is 1.15 bits per heavy atom. The number of benzene rings is 2. The topological polar surface area (TPSA) is 75.6 Å². The van der Waals surface area contributed by atoms with Gasteiger partial charge >= 0.3 is 6.18 Å². The number of rotatable bonds is 7. The number of likely N-dealkylation sites (tertiary alicyclic amines) is 1. The Morgan fingerprint density at radius 2 is 1.87 bits per heavy atom. The third-order valence-electron chi connectivity index (χ3n) is 6.61. The molecule has 0 radical (unpaired) electrons. The minimum Gasteiger partial charge on any atom is -0.494 e. The normalized spacial score (nSPS) is 15.2. The fourth-order valence-corrected chi connectivity index (χ4v) is 5.25. The van der Waals surface area contributed by atoms with Crippen LogP contribution in [0, 0.1) is 17.7 Å². The molecule has 0 unspecified atom stereocenters. The lowest BCUT2D eigenvalue weighted by Gasteiger charge is -2.30. The number of methoxy groups -OCH3 is 1. The quantitative estimate of drug-likeness (QED) is 0.319. The fourth-order valence-electron chi connectivity index (χ4n) is 4.61. The number of piperidine rings is 1. The van der Waals surface area contributed by atoms with Gasteiger partial charge in [0.1, 0.15) is 18.0 Å². The average Bonchev–Trinajstić information content (AvgIpc) is 3.19. The second-order valence-electron chi connectivity index (χ2n) is 9.60. The van der Waals surface area contributed by atoms with E-state index in [9.17, 15) is 26.0 Å². The molecule has 4 rings (SSSR count). The SMILES string of the molecule is COc1cc(S(C)(=O)=O)cc(F)c1NCC#Cc1cc2c(NC3CCN(C)CC3)cccc2n1CC(F)(F)F. The third kappa shape index (κ3) is 6.96. The van der Waals surface area contributed by atoms with Crippen LogP contribution in [0.3, 0.4) is 0 Å². The molecule has 3 aromatic rings. The number of hydrogen-bond donors (Lipinski definition) is 2. The number of anilines is 2. The van der Waals surface area contributed by atoms with Gasteiger partial charge in [-0.1, -0.05) is 12.0 Å². The van der Waals surface area contributed by atoms with E-state index in [1.54, 1.807) is 18.2 Å². The van der Waals surface area contributed by atoms with Gasteiger partial charge in [-0.15, -0.1) is 0 Å². The zero-order valence-electron chi connectivity index (χ0n) is 21.8. The molecule has 0 saturated carbocycles. The minimum atomic E-state index is -4.46. The van der Waals surface area contributed by atoms with E-state index < -0.39 is 28.4 Å². The van der Waals surface area contributed by atoms with Gasteiger partial charge < -0.3 is 24.8 Å². The van der Waals surface area contributed by atoms with E-state index in [1.165, 1.54) is 13.2 Å². The summed E-state index contributed by atoms with van der Waals surface area (Å²) >= 11 is 0. The molecular formula is C27H30F4N4O3S.